The van der Waals surface area contributed by atoms with E-state index >= 15 is 0 Å². The van der Waals surface area contributed by atoms with E-state index in [0.29, 0.717) is 5.41 Å². The van der Waals surface area contributed by atoms with E-state index in [1.54, 1.807) is 0 Å². The highest BCUT2D eigenvalue weighted by atomic mass is 14.9. The van der Waals surface area contributed by atoms with Gasteiger partial charge < -0.3 is 5.32 Å². The fourth-order valence-corrected chi connectivity index (χ4v) is 2.61. The monoisotopic (exact) mass is 197 g/mol. The van der Waals surface area contributed by atoms with Crippen molar-refractivity contribution >= 4 is 0 Å². The lowest BCUT2D eigenvalue weighted by atomic mass is 9.82. The van der Waals surface area contributed by atoms with E-state index in [9.17, 15) is 0 Å². The Hall–Kier alpha value is -0.0400. The zero-order valence-corrected chi connectivity index (χ0v) is 10.6. The van der Waals surface area contributed by atoms with Gasteiger partial charge in [0.15, 0.2) is 0 Å². The summed E-state index contributed by atoms with van der Waals surface area (Å²) in [6.07, 6.45) is 5.61. The van der Waals surface area contributed by atoms with Gasteiger partial charge in [0.1, 0.15) is 0 Å². The Balaban J connectivity index is 2.27. The Bertz CT molecular complexity index is 165. The van der Waals surface area contributed by atoms with Crippen LogP contribution in [0, 0.1) is 17.3 Å². The maximum Gasteiger partial charge on any atom is 0.00948 e. The Morgan fingerprint density at radius 3 is 2.21 bits per heavy atom. The van der Waals surface area contributed by atoms with Crippen LogP contribution in [0.2, 0.25) is 0 Å². The van der Waals surface area contributed by atoms with Gasteiger partial charge in [0, 0.05) is 6.04 Å². The highest BCUT2D eigenvalue weighted by Gasteiger charge is 2.31. The van der Waals surface area contributed by atoms with Crippen LogP contribution in [0.4, 0.5) is 0 Å². The lowest BCUT2D eigenvalue weighted by Crippen LogP contribution is -2.30. The molecule has 1 fully saturated rings. The normalized spacial score (nSPS) is 22.1. The second-order valence-electron chi connectivity index (χ2n) is 6.34. The average molecular weight is 197 g/mol. The molecule has 0 heterocycles. The van der Waals surface area contributed by atoms with Gasteiger partial charge in [-0.2, -0.15) is 0 Å². The van der Waals surface area contributed by atoms with Gasteiger partial charge in [-0.25, -0.2) is 0 Å². The first-order valence-corrected chi connectivity index (χ1v) is 6.09. The zero-order valence-electron chi connectivity index (χ0n) is 10.6. The number of rotatable bonds is 5. The molecule has 1 N–H and O–H groups in total. The van der Waals surface area contributed by atoms with E-state index in [1.165, 1.54) is 25.7 Å². The molecule has 0 amide bonds. The van der Waals surface area contributed by atoms with Gasteiger partial charge in [-0.1, -0.05) is 27.7 Å². The van der Waals surface area contributed by atoms with Gasteiger partial charge in [0.2, 0.25) is 0 Å². The van der Waals surface area contributed by atoms with Crippen LogP contribution >= 0.6 is 0 Å². The molecule has 0 radical (unpaired) electrons. The quantitative estimate of drug-likeness (QED) is 0.712. The number of hydrogen-bond acceptors (Lipinski definition) is 1. The summed E-state index contributed by atoms with van der Waals surface area (Å²) >= 11 is 0. The van der Waals surface area contributed by atoms with E-state index in [1.807, 2.05) is 0 Å². The predicted molar refractivity (Wildman–Crippen MR) is 63.4 cm³/mol. The summed E-state index contributed by atoms with van der Waals surface area (Å²) in [5, 5.41) is 3.48. The van der Waals surface area contributed by atoms with Gasteiger partial charge in [-0.15, -0.1) is 0 Å². The molecule has 1 nitrogen and oxygen atoms in total. The number of nitrogens with one attached hydrogen (secondary N) is 1. The van der Waals surface area contributed by atoms with Crippen molar-refractivity contribution in [1.29, 1.82) is 0 Å². The molecule has 2 unspecified atom stereocenters. The molecule has 84 valence electrons. The first-order valence-electron chi connectivity index (χ1n) is 6.09. The minimum atomic E-state index is 0.487. The molecule has 14 heavy (non-hydrogen) atoms. The molecule has 1 rings (SSSR count). The molecule has 1 saturated carbocycles. The van der Waals surface area contributed by atoms with Gasteiger partial charge in [-0.3, -0.25) is 0 Å². The third-order valence-electron chi connectivity index (χ3n) is 3.18. The maximum absolute atomic E-state index is 3.48. The Kier molecular flexibility index (Phi) is 4.00. The summed E-state index contributed by atoms with van der Waals surface area (Å²) in [5.74, 6) is 1.84. The minimum absolute atomic E-state index is 0.487. The van der Waals surface area contributed by atoms with E-state index in [-0.39, 0.29) is 0 Å². The highest BCUT2D eigenvalue weighted by Crippen LogP contribution is 2.36. The van der Waals surface area contributed by atoms with Crippen molar-refractivity contribution < 1.29 is 0 Å². The van der Waals surface area contributed by atoms with Crippen molar-refractivity contribution in [3.05, 3.63) is 0 Å². The molecule has 1 aliphatic rings. The SMILES string of the molecule is CNC(CC(C)CC(C)(C)C)C1CC1. The van der Waals surface area contributed by atoms with Crippen molar-refractivity contribution in [2.75, 3.05) is 7.05 Å². The van der Waals surface area contributed by atoms with E-state index in [2.05, 4.69) is 40.1 Å². The summed E-state index contributed by atoms with van der Waals surface area (Å²) < 4.78 is 0. The largest absolute Gasteiger partial charge is 0.317 e. The van der Waals surface area contributed by atoms with E-state index in [4.69, 9.17) is 0 Å². The third kappa shape index (κ3) is 4.45. The van der Waals surface area contributed by atoms with Gasteiger partial charge in [-0.05, 0) is 50.0 Å². The fraction of sp³-hybridized carbons (Fsp3) is 1.00. The van der Waals surface area contributed by atoms with Crippen molar-refractivity contribution in [1.82, 2.24) is 5.32 Å². The van der Waals surface area contributed by atoms with Crippen LogP contribution in [0.3, 0.4) is 0 Å². The second kappa shape index (κ2) is 4.65. The highest BCUT2D eigenvalue weighted by molar-refractivity contribution is 4.87. The summed E-state index contributed by atoms with van der Waals surface area (Å²) in [7, 11) is 2.12. The first-order chi connectivity index (χ1) is 6.42. The summed E-state index contributed by atoms with van der Waals surface area (Å²) in [4.78, 5) is 0. The van der Waals surface area contributed by atoms with Crippen LogP contribution in [0.5, 0.6) is 0 Å². The minimum Gasteiger partial charge on any atom is -0.317 e. The zero-order chi connectivity index (χ0) is 10.8. The standard InChI is InChI=1S/C13H27N/c1-10(9-13(2,3)4)8-12(14-5)11-6-7-11/h10-12,14H,6-9H2,1-5H3. The fourth-order valence-electron chi connectivity index (χ4n) is 2.61. The van der Waals surface area contributed by atoms with Crippen LogP contribution in [-0.2, 0) is 0 Å². The predicted octanol–water partition coefficient (Wildman–Crippen LogP) is 3.45. The average Bonchev–Trinajstić information content (AvgIpc) is 2.78. The summed E-state index contributed by atoms with van der Waals surface area (Å²) in [5.41, 5.74) is 0.487. The molecule has 2 atom stereocenters. The van der Waals surface area contributed by atoms with Gasteiger partial charge in [0.25, 0.3) is 0 Å². The molecule has 0 aliphatic heterocycles. The molecule has 0 aromatic rings. The molecular formula is C13H27N. The van der Waals surface area contributed by atoms with E-state index in [0.717, 1.165) is 17.9 Å². The molecule has 0 spiro atoms. The molecule has 0 aromatic heterocycles. The molecule has 0 saturated heterocycles. The van der Waals surface area contributed by atoms with Crippen molar-refractivity contribution in [3.8, 4) is 0 Å². The first kappa shape index (κ1) is 12.0. The summed E-state index contributed by atoms with van der Waals surface area (Å²) in [6.45, 7) is 9.43. The topological polar surface area (TPSA) is 12.0 Å². The van der Waals surface area contributed by atoms with Crippen LogP contribution < -0.4 is 5.32 Å². The lowest BCUT2D eigenvalue weighted by molar-refractivity contribution is 0.270. The molecule has 0 aromatic carbocycles. The molecular weight excluding hydrogens is 170 g/mol. The van der Waals surface area contributed by atoms with Crippen LogP contribution in [0.15, 0.2) is 0 Å². The summed E-state index contributed by atoms with van der Waals surface area (Å²) in [6, 6.07) is 0.785. The molecule has 1 heteroatoms. The van der Waals surface area contributed by atoms with Crippen LogP contribution in [0.25, 0.3) is 0 Å². The molecule has 0 bridgehead atoms. The van der Waals surface area contributed by atoms with Crippen LogP contribution in [-0.4, -0.2) is 13.1 Å². The Morgan fingerprint density at radius 1 is 1.29 bits per heavy atom. The Morgan fingerprint density at radius 2 is 1.86 bits per heavy atom. The van der Waals surface area contributed by atoms with Crippen molar-refractivity contribution in [3.63, 3.8) is 0 Å². The van der Waals surface area contributed by atoms with Gasteiger partial charge >= 0.3 is 0 Å². The molecule has 1 aliphatic carbocycles. The van der Waals surface area contributed by atoms with Crippen LogP contribution in [0.1, 0.15) is 53.4 Å². The van der Waals surface area contributed by atoms with Gasteiger partial charge in [0.05, 0.1) is 0 Å². The number of hydrogen-bond donors (Lipinski definition) is 1. The Labute approximate surface area is 89.7 Å². The third-order valence-corrected chi connectivity index (χ3v) is 3.18. The second-order valence-corrected chi connectivity index (χ2v) is 6.34. The van der Waals surface area contributed by atoms with Crippen molar-refractivity contribution in [2.24, 2.45) is 17.3 Å². The maximum atomic E-state index is 3.48. The lowest BCUT2D eigenvalue weighted by Gasteiger charge is -2.26. The smallest absolute Gasteiger partial charge is 0.00948 e. The van der Waals surface area contributed by atoms with E-state index < -0.39 is 0 Å². The van der Waals surface area contributed by atoms with Crippen molar-refractivity contribution in [2.45, 2.75) is 59.4 Å².